The number of hydrogen-bond acceptors (Lipinski definition) is 8. The minimum Gasteiger partial charge on any atom is -0.291 e. The number of benzene rings is 1. The summed E-state index contributed by atoms with van der Waals surface area (Å²) < 4.78 is 4.95. The first-order valence-corrected chi connectivity index (χ1v) is 11.8. The molecule has 36 heavy (non-hydrogen) atoms. The summed E-state index contributed by atoms with van der Waals surface area (Å²) in [6.07, 6.45) is 5.29. The molecule has 12 heteroatoms. The third-order valence-electron chi connectivity index (χ3n) is 5.84. The summed E-state index contributed by atoms with van der Waals surface area (Å²) in [6.45, 7) is 8.45. The van der Waals surface area contributed by atoms with E-state index in [9.17, 15) is 4.79 Å². The SMILES string of the molecule is CCCc1cn(-c2nnnn2C(C)(C)C)c(=O)n1Cc1ccc(-c2ccccc2-c2nnn[nH]2)nc1. The number of rotatable bonds is 7. The smallest absolute Gasteiger partial charge is 0.291 e. The molecule has 184 valence electrons. The Morgan fingerprint density at radius 1 is 1.00 bits per heavy atom. The van der Waals surface area contributed by atoms with Gasteiger partial charge in [-0.25, -0.2) is 19.1 Å². The van der Waals surface area contributed by atoms with Crippen molar-refractivity contribution in [2.24, 2.45) is 0 Å². The lowest BCUT2D eigenvalue weighted by Gasteiger charge is -2.19. The number of nitrogens with zero attached hydrogens (tertiary/aromatic N) is 10. The predicted octanol–water partition coefficient (Wildman–Crippen LogP) is 2.62. The highest BCUT2D eigenvalue weighted by Gasteiger charge is 2.24. The molecule has 5 rings (SSSR count). The van der Waals surface area contributed by atoms with Crippen molar-refractivity contribution in [2.75, 3.05) is 0 Å². The summed E-state index contributed by atoms with van der Waals surface area (Å²) in [6, 6.07) is 11.7. The molecule has 0 bridgehead atoms. The van der Waals surface area contributed by atoms with Crippen molar-refractivity contribution in [3.8, 4) is 28.6 Å². The van der Waals surface area contributed by atoms with Crippen LogP contribution in [0.3, 0.4) is 0 Å². The summed E-state index contributed by atoms with van der Waals surface area (Å²) in [5.41, 5.74) is 3.82. The Bertz CT molecular complexity index is 1520. The van der Waals surface area contributed by atoms with Crippen LogP contribution in [0.2, 0.25) is 0 Å². The number of aromatic nitrogens is 11. The topological polar surface area (TPSA) is 138 Å². The summed E-state index contributed by atoms with van der Waals surface area (Å²) >= 11 is 0. The summed E-state index contributed by atoms with van der Waals surface area (Å²) in [4.78, 5) is 18.2. The van der Waals surface area contributed by atoms with E-state index in [0.717, 1.165) is 40.9 Å². The molecule has 0 radical (unpaired) electrons. The Labute approximate surface area is 207 Å². The Balaban J connectivity index is 1.48. The first-order chi connectivity index (χ1) is 17.4. The van der Waals surface area contributed by atoms with Crippen LogP contribution in [0.15, 0.2) is 53.6 Å². The molecule has 0 aliphatic heterocycles. The van der Waals surface area contributed by atoms with Crippen LogP contribution in [0.5, 0.6) is 0 Å². The zero-order valence-electron chi connectivity index (χ0n) is 20.6. The van der Waals surface area contributed by atoms with E-state index in [0.29, 0.717) is 18.3 Å². The van der Waals surface area contributed by atoms with E-state index in [1.165, 1.54) is 4.57 Å². The second-order valence-electron chi connectivity index (χ2n) is 9.52. The number of aryl methyl sites for hydroxylation is 1. The standard InChI is InChI=1S/C24H27N11O/c1-5-8-17-15-34(22-28-31-32-35(22)24(2,3)4)23(36)33(17)14-16-11-12-20(25-13-16)18-9-6-7-10-19(18)21-26-29-30-27-21/h6-7,9-13,15H,5,8,14H2,1-4H3,(H,26,27,29,30). The van der Waals surface area contributed by atoms with Gasteiger partial charge in [-0.2, -0.15) is 0 Å². The van der Waals surface area contributed by atoms with E-state index in [1.54, 1.807) is 15.4 Å². The fraction of sp³-hybridized carbons (Fsp3) is 0.333. The Hall–Kier alpha value is -4.48. The van der Waals surface area contributed by atoms with Gasteiger partial charge in [0.1, 0.15) is 0 Å². The Morgan fingerprint density at radius 2 is 1.81 bits per heavy atom. The molecule has 4 aromatic heterocycles. The molecule has 5 aromatic rings. The third kappa shape index (κ3) is 4.32. The maximum Gasteiger partial charge on any atom is 0.335 e. The Kier molecular flexibility index (Phi) is 6.00. The summed E-state index contributed by atoms with van der Waals surface area (Å²) in [5.74, 6) is 0.974. The maximum absolute atomic E-state index is 13.5. The van der Waals surface area contributed by atoms with E-state index in [4.69, 9.17) is 0 Å². The van der Waals surface area contributed by atoms with Crippen LogP contribution in [0.1, 0.15) is 45.4 Å². The van der Waals surface area contributed by atoms with Crippen LogP contribution < -0.4 is 5.69 Å². The average Bonchev–Trinajstić information content (AvgIpc) is 3.62. The molecule has 0 fully saturated rings. The van der Waals surface area contributed by atoms with Crippen LogP contribution >= 0.6 is 0 Å². The number of pyridine rings is 1. The van der Waals surface area contributed by atoms with Gasteiger partial charge in [0.2, 0.25) is 0 Å². The van der Waals surface area contributed by atoms with Crippen molar-refractivity contribution in [3.63, 3.8) is 0 Å². The zero-order chi connectivity index (χ0) is 25.3. The molecule has 0 aliphatic carbocycles. The van der Waals surface area contributed by atoms with Crippen molar-refractivity contribution in [3.05, 3.63) is 70.5 Å². The van der Waals surface area contributed by atoms with E-state index in [2.05, 4.69) is 48.1 Å². The predicted molar refractivity (Wildman–Crippen MR) is 132 cm³/mol. The molecule has 1 N–H and O–H groups in total. The molecule has 1 aromatic carbocycles. The molecule has 0 spiro atoms. The molecule has 0 saturated heterocycles. The number of H-pyrrole nitrogens is 1. The van der Waals surface area contributed by atoms with Crippen LogP contribution in [0, 0.1) is 0 Å². The lowest BCUT2D eigenvalue weighted by molar-refractivity contribution is 0.342. The van der Waals surface area contributed by atoms with Crippen LogP contribution in [0.4, 0.5) is 0 Å². The number of nitrogens with one attached hydrogen (secondary N) is 1. The highest BCUT2D eigenvalue weighted by Crippen LogP contribution is 2.28. The van der Waals surface area contributed by atoms with Gasteiger partial charge in [-0.05, 0) is 59.7 Å². The highest BCUT2D eigenvalue weighted by atomic mass is 16.2. The molecule has 0 amide bonds. The molecule has 12 nitrogen and oxygen atoms in total. The second kappa shape index (κ2) is 9.29. The van der Waals surface area contributed by atoms with Crippen molar-refractivity contribution >= 4 is 0 Å². The van der Waals surface area contributed by atoms with Gasteiger partial charge < -0.3 is 0 Å². The van der Waals surface area contributed by atoms with Crippen LogP contribution in [-0.2, 0) is 18.5 Å². The van der Waals surface area contributed by atoms with E-state index >= 15 is 0 Å². The lowest BCUT2D eigenvalue weighted by Crippen LogP contribution is -2.31. The van der Waals surface area contributed by atoms with Crippen molar-refractivity contribution in [2.45, 2.75) is 52.6 Å². The van der Waals surface area contributed by atoms with E-state index in [1.807, 2.05) is 63.4 Å². The number of hydrogen-bond donors (Lipinski definition) is 1. The van der Waals surface area contributed by atoms with Gasteiger partial charge in [-0.1, -0.05) is 48.8 Å². The van der Waals surface area contributed by atoms with Gasteiger partial charge in [0.05, 0.1) is 17.8 Å². The fourth-order valence-corrected chi connectivity index (χ4v) is 4.11. The molecule has 0 unspecified atom stereocenters. The molecule has 0 aliphatic rings. The van der Waals surface area contributed by atoms with Gasteiger partial charge in [0, 0.05) is 29.2 Å². The monoisotopic (exact) mass is 485 g/mol. The summed E-state index contributed by atoms with van der Waals surface area (Å²) in [7, 11) is 0. The van der Waals surface area contributed by atoms with Gasteiger partial charge in [0.15, 0.2) is 5.82 Å². The first kappa shape index (κ1) is 23.3. The largest absolute Gasteiger partial charge is 0.335 e. The molecular formula is C24H27N11O. The first-order valence-electron chi connectivity index (χ1n) is 11.8. The molecular weight excluding hydrogens is 458 g/mol. The minimum atomic E-state index is -0.372. The van der Waals surface area contributed by atoms with Crippen LogP contribution in [-0.4, -0.2) is 54.9 Å². The lowest BCUT2D eigenvalue weighted by atomic mass is 10.0. The van der Waals surface area contributed by atoms with Crippen molar-refractivity contribution < 1.29 is 0 Å². The minimum absolute atomic E-state index is 0.189. The molecule has 0 atom stereocenters. The van der Waals surface area contributed by atoms with Crippen LogP contribution in [0.25, 0.3) is 28.6 Å². The fourth-order valence-electron chi connectivity index (χ4n) is 4.11. The normalized spacial score (nSPS) is 11.8. The number of tetrazole rings is 2. The van der Waals surface area contributed by atoms with E-state index < -0.39 is 0 Å². The van der Waals surface area contributed by atoms with Gasteiger partial charge in [-0.15, -0.1) is 5.10 Å². The van der Waals surface area contributed by atoms with Gasteiger partial charge in [0.25, 0.3) is 5.95 Å². The number of aromatic amines is 1. The second-order valence-corrected chi connectivity index (χ2v) is 9.52. The summed E-state index contributed by atoms with van der Waals surface area (Å²) in [5, 5.41) is 26.2. The number of imidazole rings is 1. The quantitative estimate of drug-likeness (QED) is 0.371. The third-order valence-corrected chi connectivity index (χ3v) is 5.84. The van der Waals surface area contributed by atoms with E-state index in [-0.39, 0.29) is 11.2 Å². The highest BCUT2D eigenvalue weighted by molar-refractivity contribution is 5.78. The van der Waals surface area contributed by atoms with Crippen molar-refractivity contribution in [1.29, 1.82) is 0 Å². The molecule has 0 saturated carbocycles. The van der Waals surface area contributed by atoms with Gasteiger partial charge in [-0.3, -0.25) is 9.55 Å². The maximum atomic E-state index is 13.5. The van der Waals surface area contributed by atoms with Gasteiger partial charge >= 0.3 is 5.69 Å². The molecule has 4 heterocycles. The zero-order valence-corrected chi connectivity index (χ0v) is 20.6. The average molecular weight is 486 g/mol. The van der Waals surface area contributed by atoms with Crippen molar-refractivity contribution in [1.82, 2.24) is 54.9 Å². The Morgan fingerprint density at radius 3 is 2.47 bits per heavy atom.